The van der Waals surface area contributed by atoms with E-state index in [1.807, 2.05) is 0 Å². The van der Waals surface area contributed by atoms with Crippen molar-refractivity contribution in [3.05, 3.63) is 0 Å². The molecule has 1 aliphatic heterocycles. The highest BCUT2D eigenvalue weighted by Gasteiger charge is 2.21. The Labute approximate surface area is 48.3 Å². The number of hydrogen-bond acceptors (Lipinski definition) is 3. The lowest BCUT2D eigenvalue weighted by Gasteiger charge is -2.29. The number of thiol groups is 1. The van der Waals surface area contributed by atoms with Crippen molar-refractivity contribution < 1.29 is 5.11 Å². The molecule has 0 radical (unpaired) electrons. The lowest BCUT2D eigenvalue weighted by atomic mass is 10.1. The molecule has 0 aromatic heterocycles. The summed E-state index contributed by atoms with van der Waals surface area (Å²) in [6.07, 6.45) is 1.06. The van der Waals surface area contributed by atoms with Crippen molar-refractivity contribution in [1.82, 2.24) is 5.32 Å². The third-order valence-corrected chi connectivity index (χ3v) is 1.58. The molecule has 2 atom stereocenters. The monoisotopic (exact) mass is 119 g/mol. The summed E-state index contributed by atoms with van der Waals surface area (Å²) in [5.74, 6) is 0. The third-order valence-electron chi connectivity index (χ3n) is 1.22. The molecule has 0 spiro atoms. The van der Waals surface area contributed by atoms with Gasteiger partial charge in [-0.2, -0.15) is 0 Å². The van der Waals surface area contributed by atoms with Crippen LogP contribution >= 0.6 is 12.6 Å². The largest absolute Gasteiger partial charge is 0.381 e. The van der Waals surface area contributed by atoms with Gasteiger partial charge < -0.3 is 10.4 Å². The summed E-state index contributed by atoms with van der Waals surface area (Å²) >= 11 is 3.82. The molecule has 2 nitrogen and oxygen atoms in total. The Hall–Kier alpha value is 0.270. The Morgan fingerprint density at radius 3 is 2.43 bits per heavy atom. The van der Waals surface area contributed by atoms with Crippen molar-refractivity contribution in [2.45, 2.75) is 17.9 Å². The van der Waals surface area contributed by atoms with Crippen LogP contribution in [0.25, 0.3) is 0 Å². The number of nitrogens with one attached hydrogen (secondary N) is 1. The van der Waals surface area contributed by atoms with Gasteiger partial charge in [0.05, 0.1) is 0 Å². The summed E-state index contributed by atoms with van der Waals surface area (Å²) in [5.41, 5.74) is -0.464. The minimum Gasteiger partial charge on any atom is -0.381 e. The smallest absolute Gasteiger partial charge is 0.112 e. The number of hydrogen-bond donors (Lipinski definition) is 3. The van der Waals surface area contributed by atoms with E-state index in [9.17, 15) is 0 Å². The lowest BCUT2D eigenvalue weighted by molar-refractivity contribution is 0.170. The summed E-state index contributed by atoms with van der Waals surface area (Å²) in [5, 5.41) is 11.7. The first-order valence-corrected chi connectivity index (χ1v) is 2.92. The molecule has 1 aliphatic rings. The molecule has 2 N–H and O–H groups in total. The molecule has 0 amide bonds. The maximum atomic E-state index is 8.67. The topological polar surface area (TPSA) is 32.3 Å². The highest BCUT2D eigenvalue weighted by molar-refractivity contribution is 7.80. The Bertz CT molecular complexity index is 62.7. The summed E-state index contributed by atoms with van der Waals surface area (Å²) in [6.45, 7) is 1.03. The zero-order valence-corrected chi connectivity index (χ0v) is 4.86. The van der Waals surface area contributed by atoms with Crippen molar-refractivity contribution in [3.63, 3.8) is 0 Å². The van der Waals surface area contributed by atoms with Gasteiger partial charge in [0.25, 0.3) is 0 Å². The van der Waals surface area contributed by atoms with Gasteiger partial charge in [0.15, 0.2) is 0 Å². The SMILES string of the molecule is O[C@@H](S)C1CCN1. The molecule has 0 aromatic carbocycles. The molecule has 42 valence electrons. The second kappa shape index (κ2) is 2.03. The van der Waals surface area contributed by atoms with Gasteiger partial charge in [-0.05, 0) is 13.0 Å². The first kappa shape index (κ1) is 5.41. The quantitative estimate of drug-likeness (QED) is 0.324. The van der Waals surface area contributed by atoms with E-state index in [2.05, 4.69) is 17.9 Å². The van der Waals surface area contributed by atoms with E-state index in [4.69, 9.17) is 5.11 Å². The summed E-state index contributed by atoms with van der Waals surface area (Å²) < 4.78 is 0. The van der Waals surface area contributed by atoms with Gasteiger partial charge in [0.2, 0.25) is 0 Å². The highest BCUT2D eigenvalue weighted by Crippen LogP contribution is 2.08. The van der Waals surface area contributed by atoms with Gasteiger partial charge in [-0.25, -0.2) is 0 Å². The standard InChI is InChI=1S/C4H9NOS/c6-4(7)3-1-2-5-3/h3-7H,1-2H2/t3?,4-/m0/s1. The molecular weight excluding hydrogens is 110 g/mol. The molecular formula is C4H9NOS. The maximum Gasteiger partial charge on any atom is 0.112 e. The predicted octanol–water partition coefficient (Wildman–Crippen LogP) is -0.404. The van der Waals surface area contributed by atoms with E-state index in [0.29, 0.717) is 0 Å². The average molecular weight is 119 g/mol. The van der Waals surface area contributed by atoms with Crippen LogP contribution in [0, 0.1) is 0 Å². The Kier molecular flexibility index (Phi) is 1.57. The summed E-state index contributed by atoms with van der Waals surface area (Å²) in [4.78, 5) is 0. The van der Waals surface area contributed by atoms with Crippen molar-refractivity contribution in [3.8, 4) is 0 Å². The maximum absolute atomic E-state index is 8.67. The first-order chi connectivity index (χ1) is 3.30. The second-order valence-electron chi connectivity index (χ2n) is 1.76. The Morgan fingerprint density at radius 1 is 1.86 bits per heavy atom. The van der Waals surface area contributed by atoms with Gasteiger partial charge in [0.1, 0.15) is 5.44 Å². The van der Waals surface area contributed by atoms with E-state index in [1.54, 1.807) is 0 Å². The average Bonchev–Trinajstić information content (AvgIpc) is 1.23. The van der Waals surface area contributed by atoms with Crippen molar-refractivity contribution >= 4 is 12.6 Å². The van der Waals surface area contributed by atoms with Gasteiger partial charge in [-0.1, -0.05) is 0 Å². The van der Waals surface area contributed by atoms with Crippen LogP contribution in [0.1, 0.15) is 6.42 Å². The predicted molar refractivity (Wildman–Crippen MR) is 31.4 cm³/mol. The van der Waals surface area contributed by atoms with Crippen molar-refractivity contribution in [1.29, 1.82) is 0 Å². The number of aliphatic hydroxyl groups excluding tert-OH is 1. The molecule has 0 saturated carbocycles. The Morgan fingerprint density at radius 2 is 2.43 bits per heavy atom. The fourth-order valence-corrected chi connectivity index (χ4v) is 0.820. The van der Waals surface area contributed by atoms with Crippen LogP contribution in [0.2, 0.25) is 0 Å². The number of rotatable bonds is 1. The fraction of sp³-hybridized carbons (Fsp3) is 1.00. The second-order valence-corrected chi connectivity index (χ2v) is 2.29. The van der Waals surface area contributed by atoms with E-state index < -0.39 is 5.44 Å². The molecule has 7 heavy (non-hydrogen) atoms. The van der Waals surface area contributed by atoms with Crippen LogP contribution in [0.15, 0.2) is 0 Å². The van der Waals surface area contributed by atoms with Crippen LogP contribution < -0.4 is 5.32 Å². The van der Waals surface area contributed by atoms with Gasteiger partial charge in [-0.3, -0.25) is 0 Å². The molecule has 0 aromatic rings. The summed E-state index contributed by atoms with van der Waals surface area (Å²) in [6, 6.07) is 0.253. The number of aliphatic hydroxyl groups is 1. The van der Waals surface area contributed by atoms with Crippen molar-refractivity contribution in [2.75, 3.05) is 6.54 Å². The minimum atomic E-state index is -0.464. The van der Waals surface area contributed by atoms with Crippen LogP contribution in [-0.4, -0.2) is 23.1 Å². The van der Waals surface area contributed by atoms with Gasteiger partial charge >= 0.3 is 0 Å². The zero-order valence-electron chi connectivity index (χ0n) is 3.96. The van der Waals surface area contributed by atoms with Gasteiger partial charge in [-0.15, -0.1) is 12.6 Å². The zero-order chi connectivity index (χ0) is 5.28. The van der Waals surface area contributed by atoms with E-state index in [-0.39, 0.29) is 6.04 Å². The van der Waals surface area contributed by atoms with E-state index in [0.717, 1.165) is 13.0 Å². The molecule has 1 fully saturated rings. The molecule has 1 unspecified atom stereocenters. The van der Waals surface area contributed by atoms with Crippen LogP contribution in [0.4, 0.5) is 0 Å². The molecule has 1 heterocycles. The molecule has 0 aliphatic carbocycles. The summed E-state index contributed by atoms with van der Waals surface area (Å²) in [7, 11) is 0. The first-order valence-electron chi connectivity index (χ1n) is 2.40. The van der Waals surface area contributed by atoms with Crippen LogP contribution in [-0.2, 0) is 0 Å². The van der Waals surface area contributed by atoms with E-state index >= 15 is 0 Å². The molecule has 1 rings (SSSR count). The van der Waals surface area contributed by atoms with E-state index in [1.165, 1.54) is 0 Å². The van der Waals surface area contributed by atoms with Crippen molar-refractivity contribution in [2.24, 2.45) is 0 Å². The minimum absolute atomic E-state index is 0.253. The fourth-order valence-electron chi connectivity index (χ4n) is 0.565. The molecule has 1 saturated heterocycles. The van der Waals surface area contributed by atoms with Crippen LogP contribution in [0.5, 0.6) is 0 Å². The normalized spacial score (nSPS) is 34.3. The van der Waals surface area contributed by atoms with Gasteiger partial charge in [0, 0.05) is 6.04 Å². The molecule has 3 heteroatoms. The van der Waals surface area contributed by atoms with Crippen LogP contribution in [0.3, 0.4) is 0 Å². The lowest BCUT2D eigenvalue weighted by Crippen LogP contribution is -2.48. The highest BCUT2D eigenvalue weighted by atomic mass is 32.1. The Balaban J connectivity index is 2.14. The third kappa shape index (κ3) is 1.08. The molecule has 0 bridgehead atoms.